The molecule has 2 aromatic rings. The van der Waals surface area contributed by atoms with Crippen LogP contribution in [0, 0.1) is 11.3 Å². The second-order valence-electron chi connectivity index (χ2n) is 5.40. The van der Waals surface area contributed by atoms with Gasteiger partial charge in [0.25, 0.3) is 5.56 Å². The van der Waals surface area contributed by atoms with Crippen molar-refractivity contribution in [2.24, 2.45) is 4.99 Å². The van der Waals surface area contributed by atoms with Gasteiger partial charge in [-0.05, 0) is 37.4 Å². The molecule has 0 aliphatic heterocycles. The molecule has 140 valence electrons. The maximum absolute atomic E-state index is 13.3. The molecular weight excluding hydrogens is 385 g/mol. The Balaban J connectivity index is 2.59. The molecule has 0 bridgehead atoms. The maximum atomic E-state index is 13.3. The smallest absolute Gasteiger partial charge is 0.437 e. The van der Waals surface area contributed by atoms with Crippen LogP contribution in [0.3, 0.4) is 0 Å². The summed E-state index contributed by atoms with van der Waals surface area (Å²) in [5, 5.41) is 9.01. The van der Waals surface area contributed by atoms with E-state index in [1.807, 2.05) is 0 Å². The molecule has 27 heavy (non-hydrogen) atoms. The van der Waals surface area contributed by atoms with Gasteiger partial charge in [-0.3, -0.25) is 14.4 Å². The van der Waals surface area contributed by atoms with Gasteiger partial charge >= 0.3 is 6.18 Å². The van der Waals surface area contributed by atoms with Crippen molar-refractivity contribution in [2.75, 3.05) is 0 Å². The number of aromatic nitrogens is 2. The van der Waals surface area contributed by atoms with E-state index in [1.54, 1.807) is 13.0 Å². The number of aliphatic imine (C=N–C) groups is 1. The molecule has 1 aromatic heterocycles. The number of hydrogen-bond donors (Lipinski definition) is 0. The molecule has 0 N–H and O–H groups in total. The number of allylic oxidation sites excluding steroid dienone is 1. The summed E-state index contributed by atoms with van der Waals surface area (Å²) < 4.78 is 45.9. The Labute approximate surface area is 156 Å². The predicted octanol–water partition coefficient (Wildman–Crippen LogP) is 4.18. The first-order chi connectivity index (χ1) is 12.7. The minimum Gasteiger partial charge on any atom is -0.449 e. The molecule has 0 amide bonds. The molecule has 6 nitrogen and oxygen atoms in total. The van der Waals surface area contributed by atoms with Crippen LogP contribution in [0.4, 0.5) is 13.2 Å². The molecule has 0 radical (unpaired) electrons. The van der Waals surface area contributed by atoms with Gasteiger partial charge in [0.15, 0.2) is 5.69 Å². The second kappa shape index (κ2) is 8.05. The third-order valence-electron chi connectivity index (χ3n) is 3.22. The fourth-order valence-electron chi connectivity index (χ4n) is 2.15. The number of halogens is 4. The van der Waals surface area contributed by atoms with Gasteiger partial charge in [-0.1, -0.05) is 11.6 Å². The maximum Gasteiger partial charge on any atom is 0.437 e. The summed E-state index contributed by atoms with van der Waals surface area (Å²) in [6, 6.07) is 5.45. The minimum atomic E-state index is -4.92. The highest BCUT2D eigenvalue weighted by molar-refractivity contribution is 6.30. The van der Waals surface area contributed by atoms with E-state index in [1.165, 1.54) is 18.3 Å². The molecule has 0 aliphatic rings. The van der Waals surface area contributed by atoms with E-state index in [0.29, 0.717) is 5.57 Å². The summed E-state index contributed by atoms with van der Waals surface area (Å²) in [6.45, 7) is 4.83. The Morgan fingerprint density at radius 2 is 2.19 bits per heavy atom. The normalized spacial score (nSPS) is 11.8. The first-order valence-electron chi connectivity index (χ1n) is 7.32. The quantitative estimate of drug-likeness (QED) is 0.710. The third-order valence-corrected chi connectivity index (χ3v) is 3.43. The lowest BCUT2D eigenvalue weighted by atomic mass is 10.2. The summed E-state index contributed by atoms with van der Waals surface area (Å²) in [5.41, 5.74) is -1.90. The second-order valence-corrected chi connectivity index (χ2v) is 5.84. The summed E-state index contributed by atoms with van der Waals surface area (Å²) >= 11 is 5.82. The van der Waals surface area contributed by atoms with Crippen molar-refractivity contribution in [2.45, 2.75) is 19.6 Å². The molecule has 0 spiro atoms. The van der Waals surface area contributed by atoms with Crippen LogP contribution in [0.2, 0.25) is 5.02 Å². The van der Waals surface area contributed by atoms with Crippen LogP contribution >= 0.6 is 11.6 Å². The molecule has 0 unspecified atom stereocenters. The number of rotatable bonds is 5. The molecule has 1 heterocycles. The van der Waals surface area contributed by atoms with Gasteiger partial charge < -0.3 is 4.74 Å². The zero-order chi connectivity index (χ0) is 20.2. The summed E-state index contributed by atoms with van der Waals surface area (Å²) in [6.07, 6.45) is -2.78. The zero-order valence-electron chi connectivity index (χ0n) is 13.9. The average molecular weight is 397 g/mol. The number of ether oxygens (including phenoxy) is 1. The van der Waals surface area contributed by atoms with Gasteiger partial charge in [0, 0.05) is 17.8 Å². The van der Waals surface area contributed by atoms with Crippen LogP contribution in [0.15, 0.2) is 46.1 Å². The van der Waals surface area contributed by atoms with Crippen molar-refractivity contribution in [1.29, 1.82) is 5.26 Å². The summed E-state index contributed by atoms with van der Waals surface area (Å²) in [5.74, 6) is -1.21. The van der Waals surface area contributed by atoms with E-state index in [-0.39, 0.29) is 22.9 Å². The molecule has 1 aromatic carbocycles. The Hall–Kier alpha value is -3.12. The van der Waals surface area contributed by atoms with Gasteiger partial charge in [-0.15, -0.1) is 0 Å². The molecule has 0 fully saturated rings. The number of benzene rings is 1. The zero-order valence-corrected chi connectivity index (χ0v) is 14.7. The lowest BCUT2D eigenvalue weighted by Gasteiger charge is -2.15. The molecule has 2 rings (SSSR count). The molecule has 0 atom stereocenters. The predicted molar refractivity (Wildman–Crippen MR) is 93.0 cm³/mol. The van der Waals surface area contributed by atoms with Crippen molar-refractivity contribution in [3.05, 3.63) is 62.9 Å². The monoisotopic (exact) mass is 396 g/mol. The molecule has 0 saturated heterocycles. The van der Waals surface area contributed by atoms with Crippen LogP contribution in [-0.4, -0.2) is 16.3 Å². The molecule has 0 saturated carbocycles. The SMILES string of the molecule is C=N/C=C(\C)Cn1cnc(C(F)(F)F)c(Oc2cc(Cl)cc(C#N)c2)c1=O. The summed E-state index contributed by atoms with van der Waals surface area (Å²) in [4.78, 5) is 19.4. The van der Waals surface area contributed by atoms with E-state index in [9.17, 15) is 18.0 Å². The Kier molecular flexibility index (Phi) is 6.02. The van der Waals surface area contributed by atoms with Gasteiger partial charge in [0.1, 0.15) is 5.75 Å². The van der Waals surface area contributed by atoms with Crippen molar-refractivity contribution in [3.8, 4) is 17.6 Å². The highest BCUT2D eigenvalue weighted by Crippen LogP contribution is 2.35. The van der Waals surface area contributed by atoms with Gasteiger partial charge in [0.05, 0.1) is 18.0 Å². The van der Waals surface area contributed by atoms with E-state index in [0.717, 1.165) is 17.0 Å². The highest BCUT2D eigenvalue weighted by atomic mass is 35.5. The lowest BCUT2D eigenvalue weighted by molar-refractivity contribution is -0.142. The van der Waals surface area contributed by atoms with Crippen LogP contribution in [-0.2, 0) is 12.7 Å². The standard InChI is InChI=1S/C17H12ClF3N4O2/c1-10(7-23-2)8-25-9-24-15(17(19,20)21)14(16(25)26)27-13-4-11(6-22)3-12(18)5-13/h3-5,7,9H,2,8H2,1H3/b10-7+. The van der Waals surface area contributed by atoms with Crippen LogP contribution < -0.4 is 10.3 Å². The van der Waals surface area contributed by atoms with E-state index in [4.69, 9.17) is 21.6 Å². The van der Waals surface area contributed by atoms with Gasteiger partial charge in [0.2, 0.25) is 5.75 Å². The molecule has 0 aliphatic carbocycles. The van der Waals surface area contributed by atoms with Crippen LogP contribution in [0.1, 0.15) is 18.2 Å². The van der Waals surface area contributed by atoms with Crippen molar-refractivity contribution < 1.29 is 17.9 Å². The van der Waals surface area contributed by atoms with Crippen molar-refractivity contribution in [1.82, 2.24) is 9.55 Å². The van der Waals surface area contributed by atoms with Crippen molar-refractivity contribution in [3.63, 3.8) is 0 Å². The topological polar surface area (TPSA) is 80.3 Å². The van der Waals surface area contributed by atoms with Gasteiger partial charge in [-0.25, -0.2) is 4.98 Å². The number of alkyl halides is 3. The van der Waals surface area contributed by atoms with E-state index >= 15 is 0 Å². The van der Waals surface area contributed by atoms with Gasteiger partial charge in [-0.2, -0.15) is 18.4 Å². The van der Waals surface area contributed by atoms with E-state index in [2.05, 4.69) is 16.7 Å². The fraction of sp³-hybridized carbons (Fsp3) is 0.176. The number of hydrogen-bond acceptors (Lipinski definition) is 5. The minimum absolute atomic E-state index is 0.0572. The Bertz CT molecular complexity index is 1010. The number of nitrogens with zero attached hydrogens (tertiary/aromatic N) is 4. The van der Waals surface area contributed by atoms with Crippen LogP contribution in [0.5, 0.6) is 11.5 Å². The average Bonchev–Trinajstić information content (AvgIpc) is 2.57. The molecule has 10 heteroatoms. The molecular formula is C17H12ClF3N4O2. The summed E-state index contributed by atoms with van der Waals surface area (Å²) in [7, 11) is 0. The fourth-order valence-corrected chi connectivity index (χ4v) is 2.37. The largest absolute Gasteiger partial charge is 0.449 e. The first-order valence-corrected chi connectivity index (χ1v) is 7.70. The Morgan fingerprint density at radius 3 is 2.78 bits per heavy atom. The van der Waals surface area contributed by atoms with Crippen LogP contribution in [0.25, 0.3) is 0 Å². The third kappa shape index (κ3) is 4.95. The van der Waals surface area contributed by atoms with E-state index < -0.39 is 23.2 Å². The lowest BCUT2D eigenvalue weighted by Crippen LogP contribution is -2.26. The highest BCUT2D eigenvalue weighted by Gasteiger charge is 2.38. The number of nitriles is 1. The first kappa shape index (κ1) is 20.2. The van der Waals surface area contributed by atoms with Crippen molar-refractivity contribution >= 4 is 18.3 Å². The Morgan fingerprint density at radius 1 is 1.48 bits per heavy atom.